The number of aryl methyl sites for hydroxylation is 2. The minimum atomic E-state index is -0.621. The first-order chi connectivity index (χ1) is 11.0. The first-order valence-corrected chi connectivity index (χ1v) is 8.03. The van der Waals surface area contributed by atoms with Crippen LogP contribution in [0.5, 0.6) is 0 Å². The fraction of sp³-hybridized carbons (Fsp3) is 0.438. The number of rotatable bonds is 5. The summed E-state index contributed by atoms with van der Waals surface area (Å²) >= 11 is 6.12. The van der Waals surface area contributed by atoms with Crippen molar-refractivity contribution in [3.8, 4) is 0 Å². The van der Waals surface area contributed by atoms with Crippen LogP contribution in [0.4, 0.5) is 4.39 Å². The van der Waals surface area contributed by atoms with Crippen molar-refractivity contribution in [2.75, 3.05) is 0 Å². The molecule has 0 radical (unpaired) electrons. The van der Waals surface area contributed by atoms with Gasteiger partial charge in [0.25, 0.3) is 5.91 Å². The lowest BCUT2D eigenvalue weighted by Crippen LogP contribution is -2.33. The Morgan fingerprint density at radius 2 is 2.26 bits per heavy atom. The molecular weight excluding hydrogens is 319 g/mol. The minimum Gasteiger partial charge on any atom is -0.342 e. The van der Waals surface area contributed by atoms with E-state index >= 15 is 0 Å². The van der Waals surface area contributed by atoms with Crippen molar-refractivity contribution in [2.24, 2.45) is 5.92 Å². The molecule has 1 atom stereocenters. The highest BCUT2D eigenvalue weighted by Crippen LogP contribution is 2.40. The molecule has 2 aromatic rings. The molecule has 1 N–H and O–H groups in total. The Balaban J connectivity index is 1.90. The molecule has 1 aromatic heterocycles. The lowest BCUT2D eigenvalue weighted by atomic mass is 10.1. The quantitative estimate of drug-likeness (QED) is 0.911. The van der Waals surface area contributed by atoms with Crippen molar-refractivity contribution in [2.45, 2.75) is 39.3 Å². The van der Waals surface area contributed by atoms with Crippen molar-refractivity contribution in [3.05, 3.63) is 46.3 Å². The molecule has 1 aliphatic rings. The van der Waals surface area contributed by atoms with Gasteiger partial charge >= 0.3 is 0 Å². The standard InChI is InChI=1S/C16H18ClFN4O/c1-3-22-15(19-8-20-22)14(10-5-6-10)21-16(23)12-11(18)7-4-9(2)13(12)17/h4,7-8,10,14H,3,5-6H2,1-2H3,(H,21,23)/t14-/m1/s1. The summed E-state index contributed by atoms with van der Waals surface area (Å²) in [7, 11) is 0. The summed E-state index contributed by atoms with van der Waals surface area (Å²) in [6, 6.07) is 2.54. The molecule has 23 heavy (non-hydrogen) atoms. The summed E-state index contributed by atoms with van der Waals surface area (Å²) in [6.45, 7) is 4.36. The van der Waals surface area contributed by atoms with E-state index in [1.165, 1.54) is 12.4 Å². The van der Waals surface area contributed by atoms with E-state index in [0.717, 1.165) is 12.8 Å². The monoisotopic (exact) mass is 336 g/mol. The number of hydrogen-bond donors (Lipinski definition) is 1. The second kappa shape index (κ2) is 6.28. The summed E-state index contributed by atoms with van der Waals surface area (Å²) < 4.78 is 15.8. The average Bonchev–Trinajstić information content (AvgIpc) is 3.26. The molecule has 7 heteroatoms. The van der Waals surface area contributed by atoms with Gasteiger partial charge in [0.05, 0.1) is 16.6 Å². The fourth-order valence-corrected chi connectivity index (χ4v) is 2.90. The molecule has 0 unspecified atom stereocenters. The number of carbonyl (C=O) groups is 1. The number of aromatic nitrogens is 3. The van der Waals surface area contributed by atoms with E-state index in [2.05, 4.69) is 15.4 Å². The second-order valence-electron chi connectivity index (χ2n) is 5.78. The first kappa shape index (κ1) is 15.9. The highest BCUT2D eigenvalue weighted by Gasteiger charge is 2.37. The van der Waals surface area contributed by atoms with Crippen LogP contribution in [-0.2, 0) is 6.54 Å². The summed E-state index contributed by atoms with van der Waals surface area (Å²) in [4.78, 5) is 16.9. The molecule has 0 bridgehead atoms. The van der Waals surface area contributed by atoms with Crippen molar-refractivity contribution < 1.29 is 9.18 Å². The average molecular weight is 337 g/mol. The largest absolute Gasteiger partial charge is 0.342 e. The highest BCUT2D eigenvalue weighted by molar-refractivity contribution is 6.34. The Hall–Kier alpha value is -1.95. The van der Waals surface area contributed by atoms with E-state index in [0.29, 0.717) is 23.9 Å². The molecule has 0 aliphatic heterocycles. The summed E-state index contributed by atoms with van der Waals surface area (Å²) in [6.07, 6.45) is 3.48. The van der Waals surface area contributed by atoms with E-state index in [-0.39, 0.29) is 16.6 Å². The third-order valence-electron chi connectivity index (χ3n) is 4.11. The van der Waals surface area contributed by atoms with Gasteiger partial charge < -0.3 is 5.32 Å². The molecule has 1 heterocycles. The van der Waals surface area contributed by atoms with Gasteiger partial charge in [-0.1, -0.05) is 17.7 Å². The number of carbonyl (C=O) groups excluding carboxylic acids is 1. The zero-order chi connectivity index (χ0) is 16.6. The van der Waals surface area contributed by atoms with Gasteiger partial charge in [0, 0.05) is 6.54 Å². The Bertz CT molecular complexity index is 742. The Labute approximate surface area is 138 Å². The minimum absolute atomic E-state index is 0.111. The summed E-state index contributed by atoms with van der Waals surface area (Å²) in [5, 5.41) is 7.19. The third kappa shape index (κ3) is 3.08. The van der Waals surface area contributed by atoms with Gasteiger partial charge in [-0.3, -0.25) is 4.79 Å². The zero-order valence-corrected chi connectivity index (χ0v) is 13.8. The zero-order valence-electron chi connectivity index (χ0n) is 13.0. The van der Waals surface area contributed by atoms with Gasteiger partial charge in [-0.2, -0.15) is 5.10 Å². The van der Waals surface area contributed by atoms with Crippen molar-refractivity contribution in [1.82, 2.24) is 20.1 Å². The van der Waals surface area contributed by atoms with E-state index < -0.39 is 11.7 Å². The topological polar surface area (TPSA) is 59.8 Å². The van der Waals surface area contributed by atoms with Crippen molar-refractivity contribution in [1.29, 1.82) is 0 Å². The van der Waals surface area contributed by atoms with Crippen LogP contribution < -0.4 is 5.32 Å². The number of benzene rings is 1. The fourth-order valence-electron chi connectivity index (χ4n) is 2.66. The molecule has 1 saturated carbocycles. The number of nitrogens with zero attached hydrogens (tertiary/aromatic N) is 3. The predicted molar refractivity (Wildman–Crippen MR) is 84.8 cm³/mol. The van der Waals surface area contributed by atoms with Crippen LogP contribution in [0, 0.1) is 18.7 Å². The van der Waals surface area contributed by atoms with Crippen LogP contribution in [0.15, 0.2) is 18.5 Å². The van der Waals surface area contributed by atoms with Gasteiger partial charge in [-0.25, -0.2) is 14.1 Å². The van der Waals surface area contributed by atoms with Gasteiger partial charge in [0.15, 0.2) is 0 Å². The molecule has 0 saturated heterocycles. The van der Waals surface area contributed by atoms with Crippen LogP contribution in [0.1, 0.15) is 47.6 Å². The molecular formula is C16H18ClFN4O. The molecule has 5 nitrogen and oxygen atoms in total. The molecule has 1 amide bonds. The summed E-state index contributed by atoms with van der Waals surface area (Å²) in [5.41, 5.74) is 0.554. The maximum Gasteiger partial charge on any atom is 0.256 e. The molecule has 0 spiro atoms. The van der Waals surface area contributed by atoms with Gasteiger partial charge in [-0.05, 0) is 44.2 Å². The highest BCUT2D eigenvalue weighted by atomic mass is 35.5. The lowest BCUT2D eigenvalue weighted by Gasteiger charge is -2.19. The smallest absolute Gasteiger partial charge is 0.256 e. The van der Waals surface area contributed by atoms with Gasteiger partial charge in [-0.15, -0.1) is 0 Å². The SMILES string of the molecule is CCn1ncnc1[C@H](NC(=O)c1c(F)ccc(C)c1Cl)C1CC1. The number of nitrogens with one attached hydrogen (secondary N) is 1. The van der Waals surface area contributed by atoms with E-state index in [1.807, 2.05) is 6.92 Å². The molecule has 1 aliphatic carbocycles. The normalized spacial score (nSPS) is 15.5. The third-order valence-corrected chi connectivity index (χ3v) is 4.60. The molecule has 1 fully saturated rings. The molecule has 1 aromatic carbocycles. The van der Waals surface area contributed by atoms with Gasteiger partial charge in [0.1, 0.15) is 18.0 Å². The van der Waals surface area contributed by atoms with Crippen molar-refractivity contribution >= 4 is 17.5 Å². The maximum absolute atomic E-state index is 14.1. The molecule has 122 valence electrons. The number of amides is 1. The lowest BCUT2D eigenvalue weighted by molar-refractivity contribution is 0.0924. The Morgan fingerprint density at radius 3 is 2.91 bits per heavy atom. The van der Waals surface area contributed by atoms with E-state index in [9.17, 15) is 9.18 Å². The maximum atomic E-state index is 14.1. The van der Waals surface area contributed by atoms with E-state index in [1.54, 1.807) is 17.7 Å². The second-order valence-corrected chi connectivity index (χ2v) is 6.15. The number of halogens is 2. The Kier molecular flexibility index (Phi) is 4.35. The predicted octanol–water partition coefficient (Wildman–Crippen LogP) is 3.28. The van der Waals surface area contributed by atoms with Crippen LogP contribution in [0.25, 0.3) is 0 Å². The van der Waals surface area contributed by atoms with E-state index in [4.69, 9.17) is 11.6 Å². The van der Waals surface area contributed by atoms with Crippen LogP contribution in [0.2, 0.25) is 5.02 Å². The van der Waals surface area contributed by atoms with Crippen LogP contribution >= 0.6 is 11.6 Å². The van der Waals surface area contributed by atoms with Crippen molar-refractivity contribution in [3.63, 3.8) is 0 Å². The van der Waals surface area contributed by atoms with Crippen LogP contribution in [-0.4, -0.2) is 20.7 Å². The summed E-state index contributed by atoms with van der Waals surface area (Å²) in [5.74, 6) is -0.129. The first-order valence-electron chi connectivity index (χ1n) is 7.66. The Morgan fingerprint density at radius 1 is 1.52 bits per heavy atom. The van der Waals surface area contributed by atoms with Crippen LogP contribution in [0.3, 0.4) is 0 Å². The molecule has 3 rings (SSSR count). The van der Waals surface area contributed by atoms with Gasteiger partial charge in [0.2, 0.25) is 0 Å². The number of hydrogen-bond acceptors (Lipinski definition) is 3.